The number of pyridine rings is 1. The Hall–Kier alpha value is -2.37. The van der Waals surface area contributed by atoms with Gasteiger partial charge in [-0.1, -0.05) is 0 Å². The molecule has 3 rings (SSSR count). The zero-order chi connectivity index (χ0) is 16.2. The summed E-state index contributed by atoms with van der Waals surface area (Å²) in [5, 5.41) is 0. The first-order chi connectivity index (χ1) is 11.2. The molecule has 0 radical (unpaired) electrons. The molecule has 3 heterocycles. The van der Waals surface area contributed by atoms with E-state index < -0.39 is 0 Å². The number of hydrogen-bond acceptors (Lipinski definition) is 6. The van der Waals surface area contributed by atoms with Gasteiger partial charge in [-0.25, -0.2) is 9.97 Å². The molecule has 0 bridgehead atoms. The maximum atomic E-state index is 5.70. The maximum Gasteiger partial charge on any atom is 0.171 e. The molecule has 1 saturated heterocycles. The first-order valence-electron chi connectivity index (χ1n) is 8.07. The van der Waals surface area contributed by atoms with E-state index in [-0.39, 0.29) is 0 Å². The Kier molecular flexibility index (Phi) is 4.60. The van der Waals surface area contributed by atoms with E-state index in [9.17, 15) is 0 Å². The lowest BCUT2D eigenvalue weighted by Gasteiger charge is -2.36. The van der Waals surface area contributed by atoms with E-state index >= 15 is 0 Å². The normalized spacial score (nSPS) is 14.9. The fraction of sp³-hybridized carbons (Fsp3) is 0.471. The lowest BCUT2D eigenvalue weighted by atomic mass is 10.2. The minimum Gasteiger partial charge on any atom is -0.490 e. The van der Waals surface area contributed by atoms with Gasteiger partial charge in [-0.15, -0.1) is 0 Å². The third-order valence-corrected chi connectivity index (χ3v) is 3.98. The van der Waals surface area contributed by atoms with Gasteiger partial charge in [0.1, 0.15) is 5.82 Å². The number of nitrogens with zero attached hydrogens (tertiary/aromatic N) is 5. The lowest BCUT2D eigenvalue weighted by Crippen LogP contribution is -2.47. The second-order valence-corrected chi connectivity index (χ2v) is 5.65. The molecule has 0 saturated carbocycles. The van der Waals surface area contributed by atoms with E-state index in [1.54, 1.807) is 0 Å². The predicted molar refractivity (Wildman–Crippen MR) is 91.3 cm³/mol. The van der Waals surface area contributed by atoms with Crippen LogP contribution in [0, 0.1) is 13.8 Å². The predicted octanol–water partition coefficient (Wildman–Crippen LogP) is 2.21. The standard InChI is InChI=1S/C17H23N5O/c1-4-23-15-6-5-7-18-17(15)22-10-8-21(9-11-22)16-14(3)19-12-13(2)20-16/h5-7,12H,4,8-11H2,1-3H3. The Morgan fingerprint density at radius 2 is 1.74 bits per heavy atom. The zero-order valence-electron chi connectivity index (χ0n) is 14.0. The molecule has 0 unspecified atom stereocenters. The van der Waals surface area contributed by atoms with Crippen molar-refractivity contribution in [1.82, 2.24) is 15.0 Å². The van der Waals surface area contributed by atoms with Crippen LogP contribution in [-0.4, -0.2) is 47.7 Å². The number of aromatic nitrogens is 3. The van der Waals surface area contributed by atoms with Gasteiger partial charge >= 0.3 is 0 Å². The summed E-state index contributed by atoms with van der Waals surface area (Å²) < 4.78 is 5.70. The highest BCUT2D eigenvalue weighted by Gasteiger charge is 2.22. The Bertz CT molecular complexity index is 668. The highest BCUT2D eigenvalue weighted by Crippen LogP contribution is 2.27. The molecule has 0 aromatic carbocycles. The van der Waals surface area contributed by atoms with E-state index in [4.69, 9.17) is 4.74 Å². The molecule has 6 nitrogen and oxygen atoms in total. The van der Waals surface area contributed by atoms with Crippen molar-refractivity contribution in [2.75, 3.05) is 42.6 Å². The Morgan fingerprint density at radius 1 is 1.04 bits per heavy atom. The van der Waals surface area contributed by atoms with Crippen LogP contribution in [-0.2, 0) is 0 Å². The minimum atomic E-state index is 0.650. The van der Waals surface area contributed by atoms with Crippen LogP contribution < -0.4 is 14.5 Å². The summed E-state index contributed by atoms with van der Waals surface area (Å²) in [6, 6.07) is 3.89. The molecule has 0 N–H and O–H groups in total. The molecule has 0 atom stereocenters. The average Bonchev–Trinajstić information content (AvgIpc) is 2.58. The van der Waals surface area contributed by atoms with Gasteiger partial charge in [0.15, 0.2) is 11.6 Å². The minimum absolute atomic E-state index is 0.650. The summed E-state index contributed by atoms with van der Waals surface area (Å²) in [6.07, 6.45) is 3.64. The van der Waals surface area contributed by atoms with Crippen molar-refractivity contribution in [1.29, 1.82) is 0 Å². The SMILES string of the molecule is CCOc1cccnc1N1CCN(c2nc(C)cnc2C)CC1. The van der Waals surface area contributed by atoms with Crippen molar-refractivity contribution >= 4 is 11.6 Å². The Morgan fingerprint density at radius 3 is 2.43 bits per heavy atom. The average molecular weight is 313 g/mol. The topological polar surface area (TPSA) is 54.4 Å². The molecule has 0 spiro atoms. The molecule has 2 aromatic rings. The third kappa shape index (κ3) is 3.36. The largest absolute Gasteiger partial charge is 0.490 e. The van der Waals surface area contributed by atoms with Crippen LogP contribution in [0.15, 0.2) is 24.5 Å². The van der Waals surface area contributed by atoms with Gasteiger partial charge in [0.05, 0.1) is 18.0 Å². The molecule has 6 heteroatoms. The molecular formula is C17H23N5O. The molecular weight excluding hydrogens is 290 g/mol. The van der Waals surface area contributed by atoms with Gasteiger partial charge in [-0.05, 0) is 32.9 Å². The van der Waals surface area contributed by atoms with Crippen LogP contribution in [0.5, 0.6) is 5.75 Å². The number of anilines is 2. The fourth-order valence-corrected chi connectivity index (χ4v) is 2.84. The number of hydrogen-bond donors (Lipinski definition) is 0. The van der Waals surface area contributed by atoms with Crippen molar-refractivity contribution in [3.8, 4) is 5.75 Å². The number of aryl methyl sites for hydroxylation is 2. The molecule has 1 aliphatic rings. The van der Waals surface area contributed by atoms with Gasteiger partial charge in [-0.3, -0.25) is 4.98 Å². The number of ether oxygens (including phenoxy) is 1. The summed E-state index contributed by atoms with van der Waals surface area (Å²) in [7, 11) is 0. The van der Waals surface area contributed by atoms with Gasteiger partial charge in [0.25, 0.3) is 0 Å². The highest BCUT2D eigenvalue weighted by atomic mass is 16.5. The van der Waals surface area contributed by atoms with Crippen molar-refractivity contribution in [3.05, 3.63) is 35.9 Å². The summed E-state index contributed by atoms with van der Waals surface area (Å²) >= 11 is 0. The van der Waals surface area contributed by atoms with Crippen LogP contribution in [0.3, 0.4) is 0 Å². The number of piperazine rings is 1. The Labute approximate surface area is 137 Å². The van der Waals surface area contributed by atoms with Crippen molar-refractivity contribution in [2.24, 2.45) is 0 Å². The molecule has 0 amide bonds. The van der Waals surface area contributed by atoms with E-state index in [1.165, 1.54) is 0 Å². The molecule has 122 valence electrons. The highest BCUT2D eigenvalue weighted by molar-refractivity contribution is 5.54. The first-order valence-corrected chi connectivity index (χ1v) is 8.07. The van der Waals surface area contributed by atoms with Crippen LogP contribution >= 0.6 is 0 Å². The van der Waals surface area contributed by atoms with Crippen LogP contribution in [0.1, 0.15) is 18.3 Å². The molecule has 0 aliphatic carbocycles. The maximum absolute atomic E-state index is 5.70. The second kappa shape index (κ2) is 6.81. The first kappa shape index (κ1) is 15.5. The van der Waals surface area contributed by atoms with E-state index in [2.05, 4.69) is 24.8 Å². The molecule has 1 aliphatic heterocycles. The van der Waals surface area contributed by atoms with E-state index in [0.29, 0.717) is 6.61 Å². The molecule has 1 fully saturated rings. The van der Waals surface area contributed by atoms with Gasteiger partial charge in [0.2, 0.25) is 0 Å². The van der Waals surface area contributed by atoms with Gasteiger partial charge in [-0.2, -0.15) is 0 Å². The van der Waals surface area contributed by atoms with Crippen LogP contribution in [0.25, 0.3) is 0 Å². The fourth-order valence-electron chi connectivity index (χ4n) is 2.84. The van der Waals surface area contributed by atoms with Crippen LogP contribution in [0.2, 0.25) is 0 Å². The summed E-state index contributed by atoms with van der Waals surface area (Å²) in [4.78, 5) is 18.1. The number of rotatable bonds is 4. The third-order valence-electron chi connectivity index (χ3n) is 3.98. The second-order valence-electron chi connectivity index (χ2n) is 5.65. The summed E-state index contributed by atoms with van der Waals surface area (Å²) in [5.41, 5.74) is 1.94. The van der Waals surface area contributed by atoms with Crippen molar-refractivity contribution in [2.45, 2.75) is 20.8 Å². The monoisotopic (exact) mass is 313 g/mol. The zero-order valence-corrected chi connectivity index (χ0v) is 14.0. The van der Waals surface area contributed by atoms with Crippen molar-refractivity contribution < 1.29 is 4.74 Å². The van der Waals surface area contributed by atoms with Crippen LogP contribution in [0.4, 0.5) is 11.6 Å². The summed E-state index contributed by atoms with van der Waals surface area (Å²) in [6.45, 7) is 10.2. The van der Waals surface area contributed by atoms with E-state index in [0.717, 1.165) is 55.0 Å². The quantitative estimate of drug-likeness (QED) is 0.862. The van der Waals surface area contributed by atoms with Gasteiger partial charge in [0, 0.05) is 38.6 Å². The smallest absolute Gasteiger partial charge is 0.171 e. The molecule has 2 aromatic heterocycles. The Balaban J connectivity index is 1.72. The molecule has 23 heavy (non-hydrogen) atoms. The van der Waals surface area contributed by atoms with Crippen molar-refractivity contribution in [3.63, 3.8) is 0 Å². The van der Waals surface area contributed by atoms with Gasteiger partial charge < -0.3 is 14.5 Å². The lowest BCUT2D eigenvalue weighted by molar-refractivity contribution is 0.338. The summed E-state index contributed by atoms with van der Waals surface area (Å²) in [5.74, 6) is 2.78. The van der Waals surface area contributed by atoms with E-state index in [1.807, 2.05) is 45.3 Å².